The summed E-state index contributed by atoms with van der Waals surface area (Å²) in [6.07, 6.45) is 0. The van der Waals surface area contributed by atoms with Gasteiger partial charge in [0, 0.05) is 8.06 Å². The fourth-order valence-electron chi connectivity index (χ4n) is 0. The minimum absolute atomic E-state index is 0.818. The molecule has 0 aromatic carbocycles. The van der Waals surface area contributed by atoms with E-state index in [1.807, 2.05) is 0 Å². The van der Waals surface area contributed by atoms with Crippen LogP contribution < -0.4 is 0 Å². The topological polar surface area (TPSA) is 12.4 Å². The molecule has 0 fully saturated rings. The average Bonchev–Trinajstić information content (AvgIpc) is 1.37. The van der Waals surface area contributed by atoms with Crippen molar-refractivity contribution in [1.82, 2.24) is 0 Å². The second-order valence-corrected chi connectivity index (χ2v) is 1.39. The maximum absolute atomic E-state index is 4.62. The molecule has 0 amide bonds. The summed E-state index contributed by atoms with van der Waals surface area (Å²) in [4.78, 5) is 0. The number of hydrogen-bond acceptors (Lipinski definition) is 1. The van der Waals surface area contributed by atoms with E-state index in [0.29, 0.717) is 0 Å². The Morgan fingerprint density at radius 3 is 2.25 bits per heavy atom. The molecule has 0 rings (SSSR count). The molecule has 4 heteroatoms. The van der Waals surface area contributed by atoms with E-state index in [1.54, 1.807) is 0 Å². The predicted molar refractivity (Wildman–Crippen MR) is 24.8 cm³/mol. The van der Waals surface area contributed by atoms with Gasteiger partial charge in [-0.15, -0.1) is 0 Å². The van der Waals surface area contributed by atoms with Crippen LogP contribution >= 0.6 is 17.0 Å². The SMILES string of the molecule is [B]N=PP. The van der Waals surface area contributed by atoms with Crippen LogP contribution in [0.1, 0.15) is 0 Å². The summed E-state index contributed by atoms with van der Waals surface area (Å²) in [6, 6.07) is 0. The molecule has 2 radical (unpaired) electrons. The first kappa shape index (κ1) is 4.59. The van der Waals surface area contributed by atoms with Gasteiger partial charge in [0.25, 0.3) is 7.98 Å². The maximum Gasteiger partial charge on any atom is 0.266 e. The van der Waals surface area contributed by atoms with E-state index in [9.17, 15) is 0 Å². The Morgan fingerprint density at radius 2 is 2.25 bits per heavy atom. The third-order valence-electron chi connectivity index (χ3n) is 0.0667. The highest BCUT2D eigenvalue weighted by Gasteiger charge is 1.36. The summed E-state index contributed by atoms with van der Waals surface area (Å²) in [7, 11) is 7.77. The van der Waals surface area contributed by atoms with Crippen LogP contribution in [0.4, 0.5) is 0 Å². The van der Waals surface area contributed by atoms with Gasteiger partial charge in [0.15, 0.2) is 0 Å². The predicted octanol–water partition coefficient (Wildman–Crippen LogP) is 0.990. The van der Waals surface area contributed by atoms with Gasteiger partial charge < -0.3 is 4.66 Å². The molecule has 0 aliphatic carbocycles. The molecule has 0 aliphatic heterocycles. The lowest BCUT2D eigenvalue weighted by molar-refractivity contribution is 2.05. The Bertz CT molecular complexity index is 21.2. The van der Waals surface area contributed by atoms with Crippen molar-refractivity contribution in [3.8, 4) is 0 Å². The largest absolute Gasteiger partial charge is 0.338 e. The molecule has 1 nitrogen and oxygen atoms in total. The Labute approximate surface area is 30.6 Å². The van der Waals surface area contributed by atoms with Gasteiger partial charge in [0.1, 0.15) is 0 Å². The molecular formula is H2BNP2. The van der Waals surface area contributed by atoms with Crippen LogP contribution in [0.25, 0.3) is 0 Å². The summed E-state index contributed by atoms with van der Waals surface area (Å²) < 4.78 is 3.17. The zero-order valence-corrected chi connectivity index (χ0v) is 4.10. The zero-order valence-electron chi connectivity index (χ0n) is 2.05. The highest BCUT2D eigenvalue weighted by molar-refractivity contribution is 7.97. The fourth-order valence-corrected chi connectivity index (χ4v) is 0. The van der Waals surface area contributed by atoms with Crippen LogP contribution in [0.2, 0.25) is 0 Å². The number of rotatable bonds is 0. The summed E-state index contributed by atoms with van der Waals surface area (Å²) in [6.45, 7) is 0. The van der Waals surface area contributed by atoms with E-state index in [4.69, 9.17) is 0 Å². The third kappa shape index (κ3) is 2.59. The van der Waals surface area contributed by atoms with E-state index in [1.165, 1.54) is 0 Å². The molecule has 0 saturated heterocycles. The van der Waals surface area contributed by atoms with Crippen LogP contribution in [-0.4, -0.2) is 7.98 Å². The molecule has 1 unspecified atom stereocenters. The fraction of sp³-hybridized carbons (Fsp3) is 0. The van der Waals surface area contributed by atoms with Crippen molar-refractivity contribution in [2.45, 2.75) is 0 Å². The van der Waals surface area contributed by atoms with Crippen molar-refractivity contribution in [3.05, 3.63) is 0 Å². The van der Waals surface area contributed by atoms with Gasteiger partial charge in [0.2, 0.25) is 0 Å². The van der Waals surface area contributed by atoms with Gasteiger partial charge in [-0.05, 0) is 0 Å². The van der Waals surface area contributed by atoms with E-state index < -0.39 is 0 Å². The lowest BCUT2D eigenvalue weighted by Gasteiger charge is -1.51. The molecule has 0 saturated carbocycles. The molecule has 20 valence electrons. The minimum atomic E-state index is 0.818. The van der Waals surface area contributed by atoms with Crippen LogP contribution in [0.3, 0.4) is 0 Å². The zero-order chi connectivity index (χ0) is 3.41. The molecule has 0 aromatic heterocycles. The average molecular weight is 88.8 g/mol. The Morgan fingerprint density at radius 1 is 2.00 bits per heavy atom. The molecule has 0 aliphatic rings. The van der Waals surface area contributed by atoms with Gasteiger partial charge in [-0.25, -0.2) is 0 Å². The number of hydrogen-bond donors (Lipinski definition) is 0. The highest BCUT2D eigenvalue weighted by Crippen LogP contribution is 2.05. The molecule has 0 aromatic rings. The lowest BCUT2D eigenvalue weighted by atomic mass is 10.5. The van der Waals surface area contributed by atoms with Gasteiger partial charge in [0.05, 0.1) is 0 Å². The molecule has 0 spiro atoms. The van der Waals surface area contributed by atoms with Crippen LogP contribution in [0.15, 0.2) is 4.66 Å². The molecule has 0 heterocycles. The molecule has 1 atom stereocenters. The second-order valence-electron chi connectivity index (χ2n) is 0.231. The molecule has 0 N–H and O–H groups in total. The summed E-state index contributed by atoms with van der Waals surface area (Å²) in [5.41, 5.74) is 0. The first-order valence-corrected chi connectivity index (χ1v) is 3.18. The standard InChI is InChI=1S/BH2NP2/c1-2-4-3/h3H2. The van der Waals surface area contributed by atoms with Crippen molar-refractivity contribution in [3.63, 3.8) is 0 Å². The summed E-state index contributed by atoms with van der Waals surface area (Å²) in [5.74, 6) is 0. The molecule has 0 bridgehead atoms. The van der Waals surface area contributed by atoms with Crippen molar-refractivity contribution in [2.75, 3.05) is 0 Å². The van der Waals surface area contributed by atoms with Crippen molar-refractivity contribution < 1.29 is 0 Å². The third-order valence-corrected chi connectivity index (χ3v) is 0.600. The summed E-state index contributed by atoms with van der Waals surface area (Å²) in [5, 5.41) is 0. The van der Waals surface area contributed by atoms with E-state index in [0.717, 1.165) is 8.06 Å². The van der Waals surface area contributed by atoms with E-state index in [-0.39, 0.29) is 0 Å². The van der Waals surface area contributed by atoms with Crippen molar-refractivity contribution in [1.29, 1.82) is 0 Å². The van der Waals surface area contributed by atoms with E-state index in [2.05, 4.69) is 21.6 Å². The monoisotopic (exact) mass is 89.0 g/mol. The quantitative estimate of drug-likeness (QED) is 0.310. The van der Waals surface area contributed by atoms with Crippen molar-refractivity contribution >= 4 is 25.0 Å². The molecular weight excluding hydrogens is 86.8 g/mol. The maximum atomic E-state index is 4.62. The van der Waals surface area contributed by atoms with Gasteiger partial charge in [-0.2, -0.15) is 0 Å². The minimum Gasteiger partial charge on any atom is -0.338 e. The lowest BCUT2D eigenvalue weighted by Crippen LogP contribution is -1.26. The smallest absolute Gasteiger partial charge is 0.266 e. The second kappa shape index (κ2) is 3.59. The highest BCUT2D eigenvalue weighted by atomic mass is 32.0. The number of nitrogens with zero attached hydrogens (tertiary/aromatic N) is 1. The van der Waals surface area contributed by atoms with E-state index >= 15 is 0 Å². The van der Waals surface area contributed by atoms with Crippen LogP contribution in [0, 0.1) is 0 Å². The molecule has 4 heavy (non-hydrogen) atoms. The van der Waals surface area contributed by atoms with Gasteiger partial charge in [-0.3, -0.25) is 0 Å². The summed E-state index contributed by atoms with van der Waals surface area (Å²) >= 11 is 0. The van der Waals surface area contributed by atoms with Crippen LogP contribution in [-0.2, 0) is 0 Å². The first-order chi connectivity index (χ1) is 1.91. The Hall–Kier alpha value is 0.595. The Balaban J connectivity index is 2.55. The Kier molecular flexibility index (Phi) is 4.13. The van der Waals surface area contributed by atoms with Crippen LogP contribution in [0.5, 0.6) is 0 Å². The van der Waals surface area contributed by atoms with Crippen molar-refractivity contribution in [2.24, 2.45) is 4.66 Å². The normalized spacial score (nSPS) is 9.25. The van der Waals surface area contributed by atoms with Gasteiger partial charge in [-0.1, -0.05) is 8.93 Å². The van der Waals surface area contributed by atoms with Gasteiger partial charge >= 0.3 is 0 Å². The first-order valence-electron chi connectivity index (χ1n) is 0.716.